The number of methoxy groups -OCH3 is 1. The van der Waals surface area contributed by atoms with Crippen LogP contribution in [0.15, 0.2) is 94.1 Å². The molecule has 0 bridgehead atoms. The van der Waals surface area contributed by atoms with Crippen LogP contribution in [0.2, 0.25) is 0 Å². The molecule has 8 heteroatoms. The molecule has 1 aliphatic heterocycles. The van der Waals surface area contributed by atoms with Crippen LogP contribution in [-0.4, -0.2) is 36.5 Å². The second-order valence-corrected chi connectivity index (χ2v) is 10.4. The largest absolute Gasteiger partial charge is 0.507 e. The molecule has 8 nitrogen and oxygen atoms in total. The minimum Gasteiger partial charge on any atom is -0.507 e. The van der Waals surface area contributed by atoms with Gasteiger partial charge in [0, 0.05) is 42.0 Å². The van der Waals surface area contributed by atoms with Gasteiger partial charge in [-0.2, -0.15) is 0 Å². The molecule has 1 aromatic heterocycles. The monoisotopic (exact) mass is 578 g/mol. The summed E-state index contributed by atoms with van der Waals surface area (Å²) >= 11 is 0. The third-order valence-electron chi connectivity index (χ3n) is 7.70. The Morgan fingerprint density at radius 3 is 2.51 bits per heavy atom. The summed E-state index contributed by atoms with van der Waals surface area (Å²) in [6.45, 7) is 1.19. The highest BCUT2D eigenvalue weighted by Gasteiger charge is 2.28. The van der Waals surface area contributed by atoms with Crippen molar-refractivity contribution >= 4 is 16.9 Å². The third kappa shape index (κ3) is 5.77. The lowest BCUT2D eigenvalue weighted by molar-refractivity contribution is -0.140. The topological polar surface area (TPSA) is 115 Å². The lowest BCUT2D eigenvalue weighted by atomic mass is 9.86. The summed E-state index contributed by atoms with van der Waals surface area (Å²) in [5.41, 5.74) is 3.41. The van der Waals surface area contributed by atoms with Crippen molar-refractivity contribution in [2.75, 3.05) is 20.3 Å². The minimum absolute atomic E-state index is 0.00201. The van der Waals surface area contributed by atoms with E-state index in [4.69, 9.17) is 18.6 Å². The van der Waals surface area contributed by atoms with Crippen molar-refractivity contribution in [3.63, 3.8) is 0 Å². The first-order chi connectivity index (χ1) is 20.9. The van der Waals surface area contributed by atoms with Crippen LogP contribution in [-0.2, 0) is 22.4 Å². The number of carbonyl (C=O) groups excluding carboxylic acids is 1. The first-order valence-electron chi connectivity index (χ1n) is 14.0. The minimum atomic E-state index is -0.757. The van der Waals surface area contributed by atoms with E-state index in [0.29, 0.717) is 23.5 Å². The predicted octanol–water partition coefficient (Wildman–Crippen LogP) is 6.12. The maximum atomic E-state index is 13.2. The van der Waals surface area contributed by atoms with Crippen molar-refractivity contribution in [1.82, 2.24) is 0 Å². The predicted molar refractivity (Wildman–Crippen MR) is 161 cm³/mol. The average molecular weight is 579 g/mol. The van der Waals surface area contributed by atoms with Crippen LogP contribution in [0.3, 0.4) is 0 Å². The molecule has 5 aromatic rings. The summed E-state index contributed by atoms with van der Waals surface area (Å²) in [6.07, 6.45) is 1.50. The third-order valence-corrected chi connectivity index (χ3v) is 7.70. The summed E-state index contributed by atoms with van der Waals surface area (Å²) in [4.78, 5) is 25.8. The van der Waals surface area contributed by atoms with Crippen molar-refractivity contribution in [3.05, 3.63) is 117 Å². The molecular weight excluding hydrogens is 548 g/mol. The molecule has 2 heterocycles. The van der Waals surface area contributed by atoms with Gasteiger partial charge in [-0.3, -0.25) is 9.59 Å². The number of aromatic hydroxyl groups is 2. The number of phenolic OH excluding ortho intramolecular Hbond substituents is 2. The fourth-order valence-electron chi connectivity index (χ4n) is 5.52. The number of phenols is 2. The van der Waals surface area contributed by atoms with E-state index in [1.54, 1.807) is 36.4 Å². The average Bonchev–Trinajstić information content (AvgIpc) is 3.49. The first kappa shape index (κ1) is 27.9. The molecule has 0 spiro atoms. The van der Waals surface area contributed by atoms with Crippen molar-refractivity contribution < 1.29 is 33.6 Å². The number of hydrogen-bond donors (Lipinski definition) is 2. The highest BCUT2D eigenvalue weighted by molar-refractivity contribution is 5.90. The molecule has 2 N–H and O–H groups in total. The van der Waals surface area contributed by atoms with Gasteiger partial charge in [-0.25, -0.2) is 0 Å². The molecule has 43 heavy (non-hydrogen) atoms. The van der Waals surface area contributed by atoms with Crippen molar-refractivity contribution in [3.8, 4) is 34.3 Å². The van der Waals surface area contributed by atoms with Gasteiger partial charge >= 0.3 is 5.97 Å². The summed E-state index contributed by atoms with van der Waals surface area (Å²) in [5, 5.41) is 21.6. The quantitative estimate of drug-likeness (QED) is 0.201. The molecule has 0 aliphatic carbocycles. The molecule has 1 unspecified atom stereocenters. The van der Waals surface area contributed by atoms with E-state index in [9.17, 15) is 19.8 Å². The maximum Gasteiger partial charge on any atom is 0.306 e. The van der Waals surface area contributed by atoms with E-state index in [1.165, 1.54) is 24.3 Å². The molecule has 6 rings (SSSR count). The highest BCUT2D eigenvalue weighted by atomic mass is 16.5. The highest BCUT2D eigenvalue weighted by Crippen LogP contribution is 2.43. The van der Waals surface area contributed by atoms with Crippen molar-refractivity contribution in [2.24, 2.45) is 0 Å². The Bertz CT molecular complexity index is 1840. The number of fused-ring (bicyclic) bond motifs is 2. The Morgan fingerprint density at radius 1 is 0.953 bits per heavy atom. The van der Waals surface area contributed by atoms with Gasteiger partial charge in [0.05, 0.1) is 26.7 Å². The summed E-state index contributed by atoms with van der Waals surface area (Å²) in [5.74, 6) is -0.151. The van der Waals surface area contributed by atoms with E-state index in [-0.39, 0.29) is 34.5 Å². The SMILES string of the molecule is COC(=O)CC(c1ccc(OCCc2ccc3c(c2)CCO3)cc1)c1c(O)cc(O)c2c(=O)cc(-c3ccccc3)oc12. The van der Waals surface area contributed by atoms with E-state index in [2.05, 4.69) is 6.07 Å². The number of carbonyl (C=O) groups is 1. The van der Waals surface area contributed by atoms with Crippen LogP contribution >= 0.6 is 0 Å². The molecule has 0 radical (unpaired) electrons. The zero-order valence-corrected chi connectivity index (χ0v) is 23.5. The zero-order valence-electron chi connectivity index (χ0n) is 23.5. The molecule has 1 aliphatic rings. The van der Waals surface area contributed by atoms with Gasteiger partial charge in [0.2, 0.25) is 0 Å². The van der Waals surface area contributed by atoms with Crippen LogP contribution in [0.1, 0.15) is 34.6 Å². The van der Waals surface area contributed by atoms with E-state index in [0.717, 1.165) is 31.3 Å². The van der Waals surface area contributed by atoms with E-state index >= 15 is 0 Å². The normalized spacial score (nSPS) is 12.9. The van der Waals surface area contributed by atoms with Gasteiger partial charge in [0.25, 0.3) is 0 Å². The Hall–Kier alpha value is -5.24. The Kier molecular flexibility index (Phi) is 7.75. The van der Waals surface area contributed by atoms with Gasteiger partial charge in [-0.15, -0.1) is 0 Å². The molecule has 0 fully saturated rings. The lowest BCUT2D eigenvalue weighted by Crippen LogP contribution is -2.12. The van der Waals surface area contributed by atoms with Crippen molar-refractivity contribution in [1.29, 1.82) is 0 Å². The number of hydrogen-bond acceptors (Lipinski definition) is 8. The van der Waals surface area contributed by atoms with E-state index < -0.39 is 23.1 Å². The number of rotatable bonds is 9. The maximum absolute atomic E-state index is 13.2. The fourth-order valence-corrected chi connectivity index (χ4v) is 5.52. The van der Waals surface area contributed by atoms with Gasteiger partial charge in [0.15, 0.2) is 5.43 Å². The second kappa shape index (κ2) is 11.9. The van der Waals surface area contributed by atoms with Crippen LogP contribution in [0.5, 0.6) is 23.0 Å². The van der Waals surface area contributed by atoms with Gasteiger partial charge < -0.3 is 28.8 Å². The summed E-state index contributed by atoms with van der Waals surface area (Å²) < 4.78 is 22.7. The van der Waals surface area contributed by atoms with E-state index in [1.807, 2.05) is 30.3 Å². The number of esters is 1. The summed E-state index contributed by atoms with van der Waals surface area (Å²) in [6, 6.07) is 24.8. The Labute approximate surface area is 247 Å². The van der Waals surface area contributed by atoms with Crippen molar-refractivity contribution in [2.45, 2.75) is 25.2 Å². The molecule has 1 atom stereocenters. The van der Waals surface area contributed by atoms with Crippen LogP contribution in [0, 0.1) is 0 Å². The Morgan fingerprint density at radius 2 is 1.74 bits per heavy atom. The molecule has 0 saturated carbocycles. The standard InChI is InChI=1S/C35H30O8/c1-40-32(39)18-26(22-8-10-25(11-9-22)41-15-13-21-7-12-30-24(17-21)14-16-42-30)33-27(36)19-28(37)34-29(38)20-31(43-35(33)34)23-5-3-2-4-6-23/h2-12,17,19-20,26,36-37H,13-16,18H2,1H3. The lowest BCUT2D eigenvalue weighted by Gasteiger charge is -2.20. The fraction of sp³-hybridized carbons (Fsp3) is 0.200. The molecular formula is C35H30O8. The smallest absolute Gasteiger partial charge is 0.306 e. The first-order valence-corrected chi connectivity index (χ1v) is 14.0. The zero-order chi connectivity index (χ0) is 29.9. The molecule has 0 amide bonds. The number of ether oxygens (including phenoxy) is 3. The van der Waals surface area contributed by atoms with Crippen LogP contribution in [0.4, 0.5) is 0 Å². The van der Waals surface area contributed by atoms with Gasteiger partial charge in [0.1, 0.15) is 39.7 Å². The van der Waals surface area contributed by atoms with Crippen LogP contribution < -0.4 is 14.9 Å². The molecule has 218 valence electrons. The Balaban J connectivity index is 1.32. The number of benzene rings is 4. The van der Waals surface area contributed by atoms with Gasteiger partial charge in [-0.05, 0) is 34.9 Å². The summed E-state index contributed by atoms with van der Waals surface area (Å²) in [7, 11) is 1.28. The second-order valence-electron chi connectivity index (χ2n) is 10.4. The molecule has 4 aromatic carbocycles. The molecule has 0 saturated heterocycles. The van der Waals surface area contributed by atoms with Crippen LogP contribution in [0.25, 0.3) is 22.3 Å². The van der Waals surface area contributed by atoms with Gasteiger partial charge in [-0.1, -0.05) is 54.6 Å².